The summed E-state index contributed by atoms with van der Waals surface area (Å²) in [7, 11) is 0. The first kappa shape index (κ1) is 22.4. The number of rotatable bonds is 8. The Morgan fingerprint density at radius 2 is 1.97 bits per heavy atom. The van der Waals surface area contributed by atoms with Gasteiger partial charge in [0.2, 0.25) is 0 Å². The molecule has 2 rings (SSSR count). The third kappa shape index (κ3) is 7.57. The van der Waals surface area contributed by atoms with Gasteiger partial charge in [0.15, 0.2) is 6.10 Å². The zero-order valence-electron chi connectivity index (χ0n) is 15.6. The van der Waals surface area contributed by atoms with Crippen molar-refractivity contribution in [3.8, 4) is 17.6 Å². The second-order valence-electron chi connectivity index (χ2n) is 5.89. The average Bonchev–Trinajstić information content (AvgIpc) is 2.64. The van der Waals surface area contributed by atoms with Crippen LogP contribution in [-0.2, 0) is 16.0 Å². The molecule has 0 fully saturated rings. The normalized spacial score (nSPS) is 11.7. The minimum atomic E-state index is -1.03. The molecule has 0 saturated heterocycles. The number of aliphatic carboxylic acids is 1. The molecule has 0 amide bonds. The molecule has 0 unspecified atom stereocenters. The standard InChI is InChI=1S/C22H19ClF2O4/c1-2-28-21(22(26)27)13-16-7-8-20(19(23)12-16)29-9-5-3-4-6-15-10-17(24)14-18(25)11-15/h3,5,7-8,10-12,14,21H,2,9,13H2,1H3,(H,26,27)/b5-3+/t21-/m0/s1. The van der Waals surface area contributed by atoms with Gasteiger partial charge in [-0.15, -0.1) is 0 Å². The molecule has 152 valence electrons. The molecule has 2 aromatic rings. The van der Waals surface area contributed by atoms with E-state index in [1.165, 1.54) is 6.08 Å². The van der Waals surface area contributed by atoms with Crippen LogP contribution in [0, 0.1) is 23.5 Å². The second kappa shape index (κ2) is 11.2. The van der Waals surface area contributed by atoms with Crippen molar-refractivity contribution in [1.29, 1.82) is 0 Å². The number of benzene rings is 2. The van der Waals surface area contributed by atoms with Gasteiger partial charge in [-0.3, -0.25) is 0 Å². The molecule has 0 saturated carbocycles. The molecule has 0 heterocycles. The molecule has 0 spiro atoms. The highest BCUT2D eigenvalue weighted by atomic mass is 35.5. The molecule has 0 bridgehead atoms. The van der Waals surface area contributed by atoms with E-state index in [0.717, 1.165) is 18.2 Å². The summed E-state index contributed by atoms with van der Waals surface area (Å²) in [5.41, 5.74) is 0.949. The van der Waals surface area contributed by atoms with Crippen LogP contribution in [0.25, 0.3) is 0 Å². The molecular weight excluding hydrogens is 402 g/mol. The molecule has 0 aliphatic heterocycles. The number of ether oxygens (including phenoxy) is 2. The lowest BCUT2D eigenvalue weighted by atomic mass is 10.1. The Balaban J connectivity index is 1.90. The fourth-order valence-electron chi connectivity index (χ4n) is 2.42. The number of hydrogen-bond donors (Lipinski definition) is 1. The first-order chi connectivity index (χ1) is 13.9. The van der Waals surface area contributed by atoms with Crippen LogP contribution in [0.2, 0.25) is 5.02 Å². The van der Waals surface area contributed by atoms with E-state index in [1.807, 2.05) is 0 Å². The van der Waals surface area contributed by atoms with Crippen molar-refractivity contribution in [3.63, 3.8) is 0 Å². The summed E-state index contributed by atoms with van der Waals surface area (Å²) in [4.78, 5) is 11.2. The Morgan fingerprint density at radius 3 is 2.59 bits per heavy atom. The molecule has 1 atom stereocenters. The van der Waals surface area contributed by atoms with Crippen molar-refractivity contribution in [2.45, 2.75) is 19.4 Å². The van der Waals surface area contributed by atoms with Gasteiger partial charge in [-0.05, 0) is 48.9 Å². The van der Waals surface area contributed by atoms with Crippen LogP contribution in [0.4, 0.5) is 8.78 Å². The number of carboxylic acid groups (broad SMARTS) is 1. The fraction of sp³-hybridized carbons (Fsp3) is 0.227. The Labute approximate surface area is 172 Å². The zero-order chi connectivity index (χ0) is 21.2. The second-order valence-corrected chi connectivity index (χ2v) is 6.30. The predicted molar refractivity (Wildman–Crippen MR) is 106 cm³/mol. The Kier molecular flexibility index (Phi) is 8.66. The highest BCUT2D eigenvalue weighted by Crippen LogP contribution is 2.26. The average molecular weight is 421 g/mol. The van der Waals surface area contributed by atoms with Crippen molar-refractivity contribution in [2.24, 2.45) is 0 Å². The summed E-state index contributed by atoms with van der Waals surface area (Å²) in [5, 5.41) is 9.48. The smallest absolute Gasteiger partial charge is 0.333 e. The summed E-state index contributed by atoms with van der Waals surface area (Å²) >= 11 is 6.18. The third-order valence-electron chi connectivity index (χ3n) is 3.68. The summed E-state index contributed by atoms with van der Waals surface area (Å²) in [6, 6.07) is 8.07. The van der Waals surface area contributed by atoms with E-state index in [9.17, 15) is 13.6 Å². The van der Waals surface area contributed by atoms with E-state index in [-0.39, 0.29) is 18.6 Å². The quantitative estimate of drug-likeness (QED) is 0.632. The van der Waals surface area contributed by atoms with Gasteiger partial charge in [-0.25, -0.2) is 13.6 Å². The van der Waals surface area contributed by atoms with Crippen molar-refractivity contribution in [2.75, 3.05) is 13.2 Å². The van der Waals surface area contributed by atoms with Gasteiger partial charge >= 0.3 is 5.97 Å². The van der Waals surface area contributed by atoms with Crippen LogP contribution >= 0.6 is 11.6 Å². The third-order valence-corrected chi connectivity index (χ3v) is 3.97. The zero-order valence-corrected chi connectivity index (χ0v) is 16.4. The van der Waals surface area contributed by atoms with Crippen molar-refractivity contribution in [1.82, 2.24) is 0 Å². The maximum atomic E-state index is 13.1. The van der Waals surface area contributed by atoms with Gasteiger partial charge in [-0.2, -0.15) is 0 Å². The van der Waals surface area contributed by atoms with Gasteiger partial charge in [0.05, 0.1) is 5.02 Å². The maximum Gasteiger partial charge on any atom is 0.333 e. The van der Waals surface area contributed by atoms with Crippen LogP contribution in [0.5, 0.6) is 5.75 Å². The summed E-state index contributed by atoms with van der Waals surface area (Å²) < 4.78 is 36.8. The minimum Gasteiger partial charge on any atom is -0.488 e. The molecular formula is C22H19ClF2O4. The molecule has 0 radical (unpaired) electrons. The monoisotopic (exact) mass is 420 g/mol. The number of allylic oxidation sites excluding steroid dienone is 1. The summed E-state index contributed by atoms with van der Waals surface area (Å²) in [6.45, 7) is 2.21. The van der Waals surface area contributed by atoms with Crippen LogP contribution < -0.4 is 4.74 Å². The lowest BCUT2D eigenvalue weighted by Gasteiger charge is -2.13. The Morgan fingerprint density at radius 1 is 1.24 bits per heavy atom. The molecule has 0 aliphatic carbocycles. The van der Waals surface area contributed by atoms with Crippen LogP contribution in [0.15, 0.2) is 48.6 Å². The first-order valence-electron chi connectivity index (χ1n) is 8.77. The number of carboxylic acids is 1. The molecule has 1 N–H and O–H groups in total. The van der Waals surface area contributed by atoms with Gasteiger partial charge in [0.1, 0.15) is 24.0 Å². The molecule has 7 heteroatoms. The van der Waals surface area contributed by atoms with Gasteiger partial charge in [0.25, 0.3) is 0 Å². The number of hydrogen-bond acceptors (Lipinski definition) is 3. The molecule has 4 nitrogen and oxygen atoms in total. The highest BCUT2D eigenvalue weighted by molar-refractivity contribution is 6.32. The van der Waals surface area contributed by atoms with Crippen molar-refractivity contribution < 1.29 is 28.2 Å². The fourth-order valence-corrected chi connectivity index (χ4v) is 2.67. The van der Waals surface area contributed by atoms with Crippen molar-refractivity contribution >= 4 is 17.6 Å². The van der Waals surface area contributed by atoms with Crippen LogP contribution in [0.3, 0.4) is 0 Å². The Hall–Kier alpha value is -2.88. The SMILES string of the molecule is CCO[C@@H](Cc1ccc(OC/C=C/C#Cc2cc(F)cc(F)c2)c(Cl)c1)C(=O)O. The molecule has 29 heavy (non-hydrogen) atoms. The lowest BCUT2D eigenvalue weighted by Crippen LogP contribution is -2.26. The molecule has 2 aromatic carbocycles. The van der Waals surface area contributed by atoms with E-state index in [4.69, 9.17) is 26.2 Å². The van der Waals surface area contributed by atoms with Crippen LogP contribution in [0.1, 0.15) is 18.1 Å². The van der Waals surface area contributed by atoms with E-state index < -0.39 is 23.7 Å². The topological polar surface area (TPSA) is 55.8 Å². The lowest BCUT2D eigenvalue weighted by molar-refractivity contribution is -0.149. The first-order valence-corrected chi connectivity index (χ1v) is 9.15. The number of carbonyl (C=O) groups is 1. The van der Waals surface area contributed by atoms with Gasteiger partial charge in [-0.1, -0.05) is 29.5 Å². The van der Waals surface area contributed by atoms with Gasteiger partial charge < -0.3 is 14.6 Å². The molecule has 0 aliphatic rings. The van der Waals surface area contributed by atoms with E-state index in [0.29, 0.717) is 22.9 Å². The van der Waals surface area contributed by atoms with E-state index in [1.54, 1.807) is 31.2 Å². The largest absolute Gasteiger partial charge is 0.488 e. The minimum absolute atomic E-state index is 0.182. The molecule has 0 aromatic heterocycles. The highest BCUT2D eigenvalue weighted by Gasteiger charge is 2.18. The predicted octanol–water partition coefficient (Wildman–Crippen LogP) is 4.64. The summed E-state index contributed by atoms with van der Waals surface area (Å²) in [5.74, 6) is 3.32. The van der Waals surface area contributed by atoms with E-state index >= 15 is 0 Å². The van der Waals surface area contributed by atoms with Crippen LogP contribution in [-0.4, -0.2) is 30.4 Å². The van der Waals surface area contributed by atoms with E-state index in [2.05, 4.69) is 11.8 Å². The number of halogens is 3. The Bertz CT molecular complexity index is 927. The summed E-state index contributed by atoms with van der Waals surface area (Å²) in [6.07, 6.45) is 2.39. The maximum absolute atomic E-state index is 13.1. The van der Waals surface area contributed by atoms with Gasteiger partial charge in [0, 0.05) is 24.7 Å². The van der Waals surface area contributed by atoms with Crippen molar-refractivity contribution in [3.05, 3.63) is 76.3 Å².